The summed E-state index contributed by atoms with van der Waals surface area (Å²) in [6.07, 6.45) is 1.70. The van der Waals surface area contributed by atoms with Crippen molar-refractivity contribution >= 4 is 40.7 Å². The lowest BCUT2D eigenvalue weighted by Gasteiger charge is -2.24. The van der Waals surface area contributed by atoms with Gasteiger partial charge in [-0.05, 0) is 42.6 Å². The first kappa shape index (κ1) is 26.2. The van der Waals surface area contributed by atoms with E-state index in [1.54, 1.807) is 34.2 Å². The summed E-state index contributed by atoms with van der Waals surface area (Å²) in [6, 6.07) is 17.8. The monoisotopic (exact) mass is 545 g/mol. The number of carbonyl (C=O) groups excluding carboxylic acids is 2. The molecule has 0 saturated heterocycles. The number of hydrogen-bond donors (Lipinski definition) is 1. The molecule has 0 radical (unpaired) electrons. The Morgan fingerprint density at radius 2 is 1.89 bits per heavy atom. The van der Waals surface area contributed by atoms with E-state index < -0.39 is 0 Å². The number of aryl methyl sites for hydroxylation is 1. The van der Waals surface area contributed by atoms with Gasteiger partial charge in [0.15, 0.2) is 0 Å². The Balaban J connectivity index is 1.62. The van der Waals surface area contributed by atoms with Crippen LogP contribution < -0.4 is 10.2 Å². The Bertz CT molecular complexity index is 1420. The molecule has 0 unspecified atom stereocenters. The van der Waals surface area contributed by atoms with Gasteiger partial charge in [-0.3, -0.25) is 19.5 Å². The van der Waals surface area contributed by atoms with Gasteiger partial charge >= 0.3 is 0 Å². The molecule has 3 aromatic heterocycles. The van der Waals surface area contributed by atoms with Crippen molar-refractivity contribution in [2.75, 3.05) is 17.2 Å². The first-order chi connectivity index (χ1) is 18.2. The van der Waals surface area contributed by atoms with E-state index in [1.165, 1.54) is 4.88 Å². The van der Waals surface area contributed by atoms with E-state index in [9.17, 15) is 9.59 Å². The highest BCUT2D eigenvalue weighted by atomic mass is 32.2. The van der Waals surface area contributed by atoms with Crippen LogP contribution in [-0.2, 0) is 21.5 Å². The van der Waals surface area contributed by atoms with Crippen molar-refractivity contribution in [3.05, 3.63) is 93.6 Å². The zero-order chi connectivity index (χ0) is 26.9. The number of thiophene rings is 1. The number of nitrogens with one attached hydrogen (secondary N) is 1. The van der Waals surface area contributed by atoms with Crippen molar-refractivity contribution < 1.29 is 9.59 Å². The third kappa shape index (κ3) is 5.39. The number of benzene rings is 1. The molecule has 196 valence electrons. The van der Waals surface area contributed by atoms with Crippen LogP contribution in [0.4, 0.5) is 5.82 Å². The minimum absolute atomic E-state index is 0.0658. The van der Waals surface area contributed by atoms with Gasteiger partial charge in [-0.1, -0.05) is 50.6 Å². The van der Waals surface area contributed by atoms with Gasteiger partial charge in [0, 0.05) is 22.1 Å². The summed E-state index contributed by atoms with van der Waals surface area (Å²) >= 11 is 3.28. The number of rotatable bonds is 6. The van der Waals surface area contributed by atoms with Crippen LogP contribution in [0.25, 0.3) is 5.69 Å². The summed E-state index contributed by atoms with van der Waals surface area (Å²) < 4.78 is 1.85. The predicted octanol–water partition coefficient (Wildman–Crippen LogP) is 5.42. The van der Waals surface area contributed by atoms with Gasteiger partial charge in [-0.2, -0.15) is 5.10 Å². The quantitative estimate of drug-likeness (QED) is 0.350. The number of pyridine rings is 1. The lowest BCUT2D eigenvalue weighted by molar-refractivity contribution is -0.123. The summed E-state index contributed by atoms with van der Waals surface area (Å²) in [6.45, 7) is 8.66. The summed E-state index contributed by atoms with van der Waals surface area (Å²) in [7, 11) is 0. The predicted molar refractivity (Wildman–Crippen MR) is 154 cm³/mol. The summed E-state index contributed by atoms with van der Waals surface area (Å²) in [5, 5.41) is 10.0. The highest BCUT2D eigenvalue weighted by Crippen LogP contribution is 2.49. The topological polar surface area (TPSA) is 80.1 Å². The number of aromatic nitrogens is 3. The molecule has 4 aromatic rings. The minimum Gasteiger partial charge on any atom is -0.349 e. The number of thioether (sulfide) groups is 1. The SMILES string of the molecule is Cc1ccc(-n2nc(C(C)(C)C)c3c2N(CC(=O)NCc2ccccn2)C(=O)CS[C@@H]3c2cccs2)cc1. The summed E-state index contributed by atoms with van der Waals surface area (Å²) in [5.41, 5.74) is 4.39. The maximum absolute atomic E-state index is 13.7. The zero-order valence-electron chi connectivity index (χ0n) is 22.0. The van der Waals surface area contributed by atoms with Gasteiger partial charge in [0.25, 0.3) is 0 Å². The highest BCUT2D eigenvalue weighted by Gasteiger charge is 2.40. The van der Waals surface area contributed by atoms with Crippen LogP contribution in [0.1, 0.15) is 53.4 Å². The molecule has 9 heteroatoms. The molecule has 0 aliphatic carbocycles. The second-order valence-corrected chi connectivity index (χ2v) is 12.4. The fraction of sp³-hybridized carbons (Fsp3) is 0.310. The molecule has 1 aliphatic heterocycles. The Hall–Kier alpha value is -3.43. The molecular formula is C29H31N5O2S2. The van der Waals surface area contributed by atoms with E-state index in [1.807, 2.05) is 60.1 Å². The average molecular weight is 546 g/mol. The fourth-order valence-corrected chi connectivity index (χ4v) is 6.67. The molecule has 38 heavy (non-hydrogen) atoms. The molecule has 7 nitrogen and oxygen atoms in total. The van der Waals surface area contributed by atoms with Gasteiger partial charge in [0.05, 0.1) is 34.6 Å². The van der Waals surface area contributed by atoms with Gasteiger partial charge in [-0.25, -0.2) is 4.68 Å². The summed E-state index contributed by atoms with van der Waals surface area (Å²) in [5.74, 6) is 0.572. The molecule has 0 saturated carbocycles. The highest BCUT2D eigenvalue weighted by molar-refractivity contribution is 8.00. The van der Waals surface area contributed by atoms with Crippen LogP contribution in [0.3, 0.4) is 0 Å². The van der Waals surface area contributed by atoms with Crippen LogP contribution in [0.15, 0.2) is 66.2 Å². The number of amides is 2. The molecular weight excluding hydrogens is 514 g/mol. The van der Waals surface area contributed by atoms with Crippen LogP contribution in [0.2, 0.25) is 0 Å². The normalized spacial score (nSPS) is 15.7. The van der Waals surface area contributed by atoms with Crippen LogP contribution in [-0.4, -0.2) is 38.9 Å². The van der Waals surface area contributed by atoms with Crippen LogP contribution >= 0.6 is 23.1 Å². The molecule has 2 amide bonds. The van der Waals surface area contributed by atoms with Crippen LogP contribution in [0, 0.1) is 6.92 Å². The first-order valence-electron chi connectivity index (χ1n) is 12.5. The first-order valence-corrected chi connectivity index (χ1v) is 14.5. The smallest absolute Gasteiger partial charge is 0.240 e. The largest absolute Gasteiger partial charge is 0.349 e. The number of anilines is 1. The third-order valence-corrected chi connectivity index (χ3v) is 8.70. The van der Waals surface area contributed by atoms with Crippen molar-refractivity contribution in [3.8, 4) is 5.69 Å². The van der Waals surface area contributed by atoms with Crippen molar-refractivity contribution in [2.45, 2.75) is 44.9 Å². The van der Waals surface area contributed by atoms with E-state index in [-0.39, 0.29) is 34.8 Å². The van der Waals surface area contributed by atoms with Crippen molar-refractivity contribution in [3.63, 3.8) is 0 Å². The molecule has 1 atom stereocenters. The van der Waals surface area contributed by atoms with Crippen molar-refractivity contribution in [2.24, 2.45) is 0 Å². The van der Waals surface area contributed by atoms with Gasteiger partial charge in [-0.15, -0.1) is 23.1 Å². The second kappa shape index (κ2) is 10.7. The Morgan fingerprint density at radius 3 is 2.55 bits per heavy atom. The van der Waals surface area contributed by atoms with E-state index in [2.05, 4.69) is 42.5 Å². The molecule has 1 N–H and O–H groups in total. The van der Waals surface area contributed by atoms with Gasteiger partial charge < -0.3 is 5.32 Å². The molecule has 4 heterocycles. The molecule has 0 spiro atoms. The van der Waals surface area contributed by atoms with Crippen molar-refractivity contribution in [1.29, 1.82) is 0 Å². The third-order valence-electron chi connectivity index (χ3n) is 6.37. The van der Waals surface area contributed by atoms with Crippen molar-refractivity contribution in [1.82, 2.24) is 20.1 Å². The molecule has 0 fully saturated rings. The number of nitrogens with zero attached hydrogens (tertiary/aromatic N) is 4. The Kier molecular flexibility index (Phi) is 7.40. The number of hydrogen-bond acceptors (Lipinski definition) is 6. The van der Waals surface area contributed by atoms with Crippen LogP contribution in [0.5, 0.6) is 0 Å². The second-order valence-electron chi connectivity index (χ2n) is 10.4. The lowest BCUT2D eigenvalue weighted by Crippen LogP contribution is -2.42. The number of fused-ring (bicyclic) bond motifs is 1. The lowest BCUT2D eigenvalue weighted by atomic mass is 9.88. The van der Waals surface area contributed by atoms with E-state index in [4.69, 9.17) is 5.10 Å². The average Bonchev–Trinajstić information content (AvgIpc) is 3.54. The zero-order valence-corrected chi connectivity index (χ0v) is 23.6. The minimum atomic E-state index is -0.281. The maximum atomic E-state index is 13.7. The Labute approximate surface area is 231 Å². The molecule has 0 bridgehead atoms. The van der Waals surface area contributed by atoms with Gasteiger partial charge in [0.1, 0.15) is 12.4 Å². The Morgan fingerprint density at radius 1 is 1.11 bits per heavy atom. The van der Waals surface area contributed by atoms with E-state index in [0.29, 0.717) is 12.4 Å². The molecule has 5 rings (SSSR count). The van der Waals surface area contributed by atoms with E-state index in [0.717, 1.165) is 28.2 Å². The fourth-order valence-electron chi connectivity index (χ4n) is 4.50. The maximum Gasteiger partial charge on any atom is 0.240 e. The summed E-state index contributed by atoms with van der Waals surface area (Å²) in [4.78, 5) is 33.9. The molecule has 1 aromatic carbocycles. The standard InChI is InChI=1S/C29H31N5O2S2/c1-19-10-12-21(13-11-19)34-28-25(27(32-34)29(2,3)4)26(22-9-7-15-37-22)38-18-24(36)33(28)17-23(35)31-16-20-8-5-6-14-30-20/h5-15,26H,16-18H2,1-4H3,(H,31,35)/t26-/m1/s1. The van der Waals surface area contributed by atoms with Gasteiger partial charge in [0.2, 0.25) is 11.8 Å². The van der Waals surface area contributed by atoms with E-state index >= 15 is 0 Å². The molecule has 1 aliphatic rings. The number of carbonyl (C=O) groups is 2.